The number of amides is 2. The third-order valence-electron chi connectivity index (χ3n) is 6.02. The first-order valence-electron chi connectivity index (χ1n) is 11.0. The Kier molecular flexibility index (Phi) is 6.21. The molecule has 1 unspecified atom stereocenters. The molecular weight excluding hydrogens is 442 g/mol. The van der Waals surface area contributed by atoms with E-state index >= 15 is 0 Å². The summed E-state index contributed by atoms with van der Waals surface area (Å²) in [6.45, 7) is 1.98. The summed E-state index contributed by atoms with van der Waals surface area (Å²) in [5.41, 5.74) is 11.5. The Morgan fingerprint density at radius 2 is 2.09 bits per heavy atom. The third kappa shape index (κ3) is 4.68. The molecule has 0 bridgehead atoms. The van der Waals surface area contributed by atoms with Crippen LogP contribution in [0.5, 0.6) is 0 Å². The number of nitrogens with two attached hydrogens (primary N) is 1. The lowest BCUT2D eigenvalue weighted by Crippen LogP contribution is -2.44. The minimum Gasteiger partial charge on any atom is -0.383 e. The van der Waals surface area contributed by atoms with Gasteiger partial charge in [0.05, 0.1) is 46.9 Å². The van der Waals surface area contributed by atoms with E-state index in [1.165, 1.54) is 6.20 Å². The Hall–Kier alpha value is -3.08. The molecule has 1 aromatic carbocycles. The zero-order valence-electron chi connectivity index (χ0n) is 18.1. The van der Waals surface area contributed by atoms with Gasteiger partial charge in [0.25, 0.3) is 0 Å². The Morgan fingerprint density at radius 3 is 2.94 bits per heavy atom. The van der Waals surface area contributed by atoms with Gasteiger partial charge in [-0.2, -0.15) is 0 Å². The molecule has 1 fully saturated rings. The number of rotatable bonds is 5. The van der Waals surface area contributed by atoms with Crippen molar-refractivity contribution < 1.29 is 19.1 Å². The van der Waals surface area contributed by atoms with E-state index in [0.29, 0.717) is 44.4 Å². The Bertz CT molecular complexity index is 1190. The summed E-state index contributed by atoms with van der Waals surface area (Å²) in [4.78, 5) is 36.3. The molecule has 0 spiro atoms. The van der Waals surface area contributed by atoms with Crippen LogP contribution in [-0.2, 0) is 38.8 Å². The van der Waals surface area contributed by atoms with Gasteiger partial charge in [0, 0.05) is 30.8 Å². The maximum Gasteiger partial charge on any atom is 0.313 e. The number of carbonyl (C=O) groups excluding carboxylic acids is 2. The van der Waals surface area contributed by atoms with Gasteiger partial charge in [-0.15, -0.1) is 11.3 Å². The molecule has 2 aliphatic heterocycles. The lowest BCUT2D eigenvalue weighted by molar-refractivity contribution is -0.145. The van der Waals surface area contributed by atoms with Crippen molar-refractivity contribution in [3.05, 3.63) is 46.6 Å². The molecular formula is C23H25N5O4S. The Balaban J connectivity index is 1.36. The molecule has 10 heteroatoms. The van der Waals surface area contributed by atoms with E-state index in [-0.39, 0.29) is 6.10 Å². The minimum atomic E-state index is -0.721. The first-order valence-corrected chi connectivity index (χ1v) is 11.8. The van der Waals surface area contributed by atoms with Crippen LogP contribution in [0.2, 0.25) is 0 Å². The second-order valence-electron chi connectivity index (χ2n) is 8.29. The van der Waals surface area contributed by atoms with Gasteiger partial charge in [0.15, 0.2) is 0 Å². The highest BCUT2D eigenvalue weighted by Gasteiger charge is 2.28. The van der Waals surface area contributed by atoms with Crippen LogP contribution in [0, 0.1) is 0 Å². The Morgan fingerprint density at radius 1 is 1.21 bits per heavy atom. The van der Waals surface area contributed by atoms with Gasteiger partial charge < -0.3 is 25.4 Å². The predicted molar refractivity (Wildman–Crippen MR) is 124 cm³/mol. The van der Waals surface area contributed by atoms with Crippen molar-refractivity contribution in [3.8, 4) is 0 Å². The van der Waals surface area contributed by atoms with Crippen LogP contribution in [0.25, 0.3) is 10.2 Å². The zero-order chi connectivity index (χ0) is 22.8. The maximum absolute atomic E-state index is 13.3. The quantitative estimate of drug-likeness (QED) is 0.554. The highest BCUT2D eigenvalue weighted by atomic mass is 32.1. The van der Waals surface area contributed by atoms with Crippen molar-refractivity contribution in [1.82, 2.24) is 14.9 Å². The van der Waals surface area contributed by atoms with Crippen molar-refractivity contribution in [2.45, 2.75) is 45.1 Å². The van der Waals surface area contributed by atoms with Crippen molar-refractivity contribution in [2.24, 2.45) is 0 Å². The number of hydrogen-bond acceptors (Lipinski definition) is 8. The molecule has 2 amide bonds. The fourth-order valence-corrected chi connectivity index (χ4v) is 4.91. The molecule has 172 valence electrons. The summed E-state index contributed by atoms with van der Waals surface area (Å²) in [6.07, 6.45) is 4.31. The van der Waals surface area contributed by atoms with Gasteiger partial charge in [-0.25, -0.2) is 9.97 Å². The molecule has 4 heterocycles. The second-order valence-corrected chi connectivity index (χ2v) is 9.18. The number of aromatic nitrogens is 2. The minimum absolute atomic E-state index is 0.0886. The van der Waals surface area contributed by atoms with Crippen molar-refractivity contribution in [2.75, 3.05) is 24.2 Å². The molecule has 5 rings (SSSR count). The summed E-state index contributed by atoms with van der Waals surface area (Å²) < 4.78 is 12.4. The standard InChI is InChI=1S/C23H25N5O4S/c24-21-17-12-31-11-16(17)19(8-25-21)27-22(29)23(30)28(10-15-3-1-2-6-32-15)9-14-4-5-20-18(7-14)26-13-33-20/h4-5,7-8,13,15H,1-3,6,9-12H2,(H2,24,25)(H,27,29). The van der Waals surface area contributed by atoms with E-state index in [1.807, 2.05) is 18.2 Å². The molecule has 3 aromatic rings. The summed E-state index contributed by atoms with van der Waals surface area (Å²) >= 11 is 1.57. The van der Waals surface area contributed by atoms with Crippen molar-refractivity contribution >= 4 is 44.9 Å². The molecule has 1 saturated heterocycles. The molecule has 0 radical (unpaired) electrons. The average Bonchev–Trinajstić information content (AvgIpc) is 3.50. The number of nitrogen functional groups attached to an aromatic ring is 1. The number of anilines is 2. The number of fused-ring (bicyclic) bond motifs is 2. The molecule has 2 aliphatic rings. The smallest absolute Gasteiger partial charge is 0.313 e. The van der Waals surface area contributed by atoms with E-state index in [1.54, 1.807) is 21.7 Å². The van der Waals surface area contributed by atoms with Gasteiger partial charge in [-0.1, -0.05) is 6.07 Å². The van der Waals surface area contributed by atoms with Crippen LogP contribution in [0.1, 0.15) is 36.0 Å². The second kappa shape index (κ2) is 9.42. The predicted octanol–water partition coefficient (Wildman–Crippen LogP) is 2.84. The third-order valence-corrected chi connectivity index (χ3v) is 6.83. The largest absolute Gasteiger partial charge is 0.383 e. The van der Waals surface area contributed by atoms with Crippen LogP contribution in [0.3, 0.4) is 0 Å². The topological polar surface area (TPSA) is 120 Å². The first kappa shape index (κ1) is 21.7. The number of carbonyl (C=O) groups is 2. The number of nitrogens with one attached hydrogen (secondary N) is 1. The SMILES string of the molecule is Nc1ncc(NC(=O)C(=O)N(Cc2ccc3scnc3c2)CC2CCCCO2)c2c1COC2. The molecule has 1 atom stereocenters. The monoisotopic (exact) mass is 467 g/mol. The maximum atomic E-state index is 13.3. The van der Waals surface area contributed by atoms with E-state index in [9.17, 15) is 9.59 Å². The summed E-state index contributed by atoms with van der Waals surface area (Å²) in [5.74, 6) is -0.964. The van der Waals surface area contributed by atoms with Gasteiger partial charge in [0.1, 0.15) is 5.82 Å². The van der Waals surface area contributed by atoms with E-state index in [2.05, 4.69) is 15.3 Å². The number of pyridine rings is 1. The van der Waals surface area contributed by atoms with E-state index < -0.39 is 11.8 Å². The normalized spacial score (nSPS) is 17.6. The van der Waals surface area contributed by atoms with Crippen molar-refractivity contribution in [1.29, 1.82) is 0 Å². The average molecular weight is 468 g/mol. The van der Waals surface area contributed by atoms with Crippen LogP contribution in [0.15, 0.2) is 29.9 Å². The first-order chi connectivity index (χ1) is 16.1. The van der Waals surface area contributed by atoms with E-state index in [4.69, 9.17) is 15.2 Å². The highest BCUT2D eigenvalue weighted by Crippen LogP contribution is 2.30. The van der Waals surface area contributed by atoms with Gasteiger partial charge in [-0.3, -0.25) is 9.59 Å². The number of ether oxygens (including phenoxy) is 2. The number of nitrogens with zero attached hydrogens (tertiary/aromatic N) is 3. The van der Waals surface area contributed by atoms with Crippen LogP contribution in [-0.4, -0.2) is 45.9 Å². The molecule has 3 N–H and O–H groups in total. The molecule has 9 nitrogen and oxygen atoms in total. The molecule has 0 aliphatic carbocycles. The van der Waals surface area contributed by atoms with Crippen LogP contribution < -0.4 is 11.1 Å². The molecule has 33 heavy (non-hydrogen) atoms. The number of thiazole rings is 1. The lowest BCUT2D eigenvalue weighted by atomic mass is 10.1. The van der Waals surface area contributed by atoms with Crippen LogP contribution >= 0.6 is 11.3 Å². The summed E-state index contributed by atoms with van der Waals surface area (Å²) in [5, 5.41) is 2.72. The fraction of sp³-hybridized carbons (Fsp3) is 0.391. The van der Waals surface area contributed by atoms with Gasteiger partial charge in [-0.05, 0) is 37.0 Å². The van der Waals surface area contributed by atoms with Crippen LogP contribution in [0.4, 0.5) is 11.5 Å². The zero-order valence-corrected chi connectivity index (χ0v) is 18.9. The Labute approximate surface area is 194 Å². The van der Waals surface area contributed by atoms with Gasteiger partial charge >= 0.3 is 11.8 Å². The molecule has 0 saturated carbocycles. The lowest BCUT2D eigenvalue weighted by Gasteiger charge is -2.29. The summed E-state index contributed by atoms with van der Waals surface area (Å²) in [7, 11) is 0. The van der Waals surface area contributed by atoms with Crippen molar-refractivity contribution in [3.63, 3.8) is 0 Å². The molecule has 2 aromatic heterocycles. The number of benzene rings is 1. The van der Waals surface area contributed by atoms with E-state index in [0.717, 1.165) is 46.2 Å². The highest BCUT2D eigenvalue weighted by molar-refractivity contribution is 7.16. The number of hydrogen-bond donors (Lipinski definition) is 2. The fourth-order valence-electron chi connectivity index (χ4n) is 4.25. The summed E-state index contributed by atoms with van der Waals surface area (Å²) in [6, 6.07) is 5.92. The van der Waals surface area contributed by atoms with Gasteiger partial charge in [0.2, 0.25) is 0 Å².